The van der Waals surface area contributed by atoms with Crippen molar-refractivity contribution in [2.45, 2.75) is 39.3 Å². The number of nitrogens with zero attached hydrogens (tertiary/aromatic N) is 2. The van der Waals surface area contributed by atoms with Crippen molar-refractivity contribution in [3.8, 4) is 0 Å². The zero-order valence-corrected chi connectivity index (χ0v) is 13.6. The number of anilines is 2. The van der Waals surface area contributed by atoms with Gasteiger partial charge in [-0.25, -0.2) is 9.69 Å². The number of carbonyl (C=O) groups excluding carboxylic acids is 3. The molecule has 1 aliphatic rings. The molecule has 0 aliphatic carbocycles. The molecule has 1 saturated heterocycles. The number of nitrogens with two attached hydrogens (primary N) is 1. The van der Waals surface area contributed by atoms with Crippen molar-refractivity contribution in [1.29, 1.82) is 0 Å². The number of imide groups is 1. The minimum absolute atomic E-state index is 0.00663. The Hall–Kier alpha value is -2.57. The van der Waals surface area contributed by atoms with Gasteiger partial charge in [0.15, 0.2) is 0 Å². The van der Waals surface area contributed by atoms with Gasteiger partial charge in [0.25, 0.3) is 0 Å². The van der Waals surface area contributed by atoms with Crippen molar-refractivity contribution in [3.05, 3.63) is 24.3 Å². The summed E-state index contributed by atoms with van der Waals surface area (Å²) in [6, 6.07) is 5.72. The molecule has 1 atom stereocenters. The number of amides is 4. The topological polar surface area (TPSA) is 95.7 Å². The van der Waals surface area contributed by atoms with Crippen LogP contribution in [0, 0.1) is 0 Å². The molecule has 7 nitrogen and oxygen atoms in total. The van der Waals surface area contributed by atoms with E-state index in [2.05, 4.69) is 5.32 Å². The molecule has 7 heteroatoms. The van der Waals surface area contributed by atoms with E-state index in [1.165, 1.54) is 6.92 Å². The Kier molecular flexibility index (Phi) is 4.88. The van der Waals surface area contributed by atoms with E-state index in [0.717, 1.165) is 4.90 Å². The van der Waals surface area contributed by atoms with Gasteiger partial charge in [-0.1, -0.05) is 0 Å². The summed E-state index contributed by atoms with van der Waals surface area (Å²) < 4.78 is 0. The summed E-state index contributed by atoms with van der Waals surface area (Å²) in [5.74, 6) is -0.399. The number of nitrogens with one attached hydrogen (secondary N) is 1. The average Bonchev–Trinajstić information content (AvgIpc) is 2.81. The number of rotatable bonds is 3. The molecular formula is C16H22N4O3. The van der Waals surface area contributed by atoms with Gasteiger partial charge in [-0.15, -0.1) is 0 Å². The Morgan fingerprint density at radius 2 is 1.91 bits per heavy atom. The quantitative estimate of drug-likeness (QED) is 0.822. The van der Waals surface area contributed by atoms with Crippen LogP contribution in [0.1, 0.15) is 27.2 Å². The lowest BCUT2D eigenvalue weighted by molar-refractivity contribution is -0.129. The first-order valence-corrected chi connectivity index (χ1v) is 7.55. The highest BCUT2D eigenvalue weighted by Crippen LogP contribution is 2.19. The second-order valence-corrected chi connectivity index (χ2v) is 5.94. The molecule has 1 heterocycles. The third kappa shape index (κ3) is 3.80. The Morgan fingerprint density at radius 1 is 1.30 bits per heavy atom. The van der Waals surface area contributed by atoms with E-state index < -0.39 is 11.9 Å². The molecule has 2 rings (SSSR count). The molecule has 124 valence electrons. The van der Waals surface area contributed by atoms with E-state index in [1.54, 1.807) is 29.2 Å². The normalized spacial score (nSPS) is 17.5. The van der Waals surface area contributed by atoms with E-state index >= 15 is 0 Å². The number of carbonyl (C=O) groups is 3. The van der Waals surface area contributed by atoms with Gasteiger partial charge >= 0.3 is 6.03 Å². The molecule has 0 spiro atoms. The molecule has 1 aromatic carbocycles. The molecule has 23 heavy (non-hydrogen) atoms. The lowest BCUT2D eigenvalue weighted by Gasteiger charge is -2.24. The minimum Gasteiger partial charge on any atom is -0.399 e. The number of urea groups is 1. The van der Waals surface area contributed by atoms with Gasteiger partial charge < -0.3 is 16.0 Å². The Balaban J connectivity index is 2.09. The Bertz CT molecular complexity index is 612. The van der Waals surface area contributed by atoms with Crippen LogP contribution in [0.25, 0.3) is 0 Å². The predicted octanol–water partition coefficient (Wildman–Crippen LogP) is 1.34. The second-order valence-electron chi connectivity index (χ2n) is 5.94. The maximum absolute atomic E-state index is 12.4. The summed E-state index contributed by atoms with van der Waals surface area (Å²) in [5.41, 5.74) is 6.61. The summed E-state index contributed by atoms with van der Waals surface area (Å²) in [7, 11) is 0. The Morgan fingerprint density at radius 3 is 2.39 bits per heavy atom. The van der Waals surface area contributed by atoms with E-state index in [9.17, 15) is 14.4 Å². The largest absolute Gasteiger partial charge is 0.399 e. The fourth-order valence-corrected chi connectivity index (χ4v) is 2.63. The SMILES string of the molecule is CC(=O)N(C(=O)NC1CC(=O)N(C(C)C)C1)c1ccc(N)cc1. The summed E-state index contributed by atoms with van der Waals surface area (Å²) in [6.45, 7) is 5.63. The zero-order chi connectivity index (χ0) is 17.1. The Labute approximate surface area is 135 Å². The van der Waals surface area contributed by atoms with Gasteiger partial charge in [-0.3, -0.25) is 9.59 Å². The third-order valence-corrected chi connectivity index (χ3v) is 3.78. The summed E-state index contributed by atoms with van der Waals surface area (Å²) in [5, 5.41) is 2.76. The molecule has 3 N–H and O–H groups in total. The molecule has 1 fully saturated rings. The van der Waals surface area contributed by atoms with Crippen molar-refractivity contribution in [2.75, 3.05) is 17.2 Å². The van der Waals surface area contributed by atoms with Crippen LogP contribution in [-0.2, 0) is 9.59 Å². The van der Waals surface area contributed by atoms with Crippen LogP contribution >= 0.6 is 0 Å². The summed E-state index contributed by atoms with van der Waals surface area (Å²) in [6.07, 6.45) is 0.247. The fourth-order valence-electron chi connectivity index (χ4n) is 2.63. The summed E-state index contributed by atoms with van der Waals surface area (Å²) >= 11 is 0. The standard InChI is InChI=1S/C16H22N4O3/c1-10(2)19-9-13(8-15(19)22)18-16(23)20(11(3)21)14-6-4-12(17)5-7-14/h4-7,10,13H,8-9,17H2,1-3H3,(H,18,23). The van der Waals surface area contributed by atoms with Crippen molar-refractivity contribution in [3.63, 3.8) is 0 Å². The molecule has 0 bridgehead atoms. The first-order chi connectivity index (χ1) is 10.8. The maximum Gasteiger partial charge on any atom is 0.329 e. The molecule has 0 aromatic heterocycles. The third-order valence-electron chi connectivity index (χ3n) is 3.78. The van der Waals surface area contributed by atoms with Crippen LogP contribution in [0.5, 0.6) is 0 Å². The van der Waals surface area contributed by atoms with Crippen molar-refractivity contribution in [1.82, 2.24) is 10.2 Å². The average molecular weight is 318 g/mol. The molecule has 1 unspecified atom stereocenters. The number of likely N-dealkylation sites (tertiary alicyclic amines) is 1. The number of hydrogen-bond donors (Lipinski definition) is 2. The van der Waals surface area contributed by atoms with Crippen LogP contribution in [0.15, 0.2) is 24.3 Å². The van der Waals surface area contributed by atoms with Crippen molar-refractivity contribution in [2.24, 2.45) is 0 Å². The van der Waals surface area contributed by atoms with Crippen LogP contribution in [0.4, 0.5) is 16.2 Å². The molecule has 0 saturated carbocycles. The van der Waals surface area contributed by atoms with E-state index in [-0.39, 0.29) is 24.4 Å². The fraction of sp³-hybridized carbons (Fsp3) is 0.438. The van der Waals surface area contributed by atoms with Crippen LogP contribution in [-0.4, -0.2) is 41.4 Å². The minimum atomic E-state index is -0.536. The van der Waals surface area contributed by atoms with Gasteiger partial charge in [-0.2, -0.15) is 0 Å². The smallest absolute Gasteiger partial charge is 0.329 e. The number of hydrogen-bond acceptors (Lipinski definition) is 4. The molecule has 4 amide bonds. The number of benzene rings is 1. The van der Waals surface area contributed by atoms with Crippen LogP contribution in [0.3, 0.4) is 0 Å². The first kappa shape index (κ1) is 16.8. The highest BCUT2D eigenvalue weighted by Gasteiger charge is 2.33. The van der Waals surface area contributed by atoms with Crippen LogP contribution < -0.4 is 16.0 Å². The van der Waals surface area contributed by atoms with Crippen LogP contribution in [0.2, 0.25) is 0 Å². The zero-order valence-electron chi connectivity index (χ0n) is 13.6. The van der Waals surface area contributed by atoms with Gasteiger partial charge in [0.2, 0.25) is 11.8 Å². The highest BCUT2D eigenvalue weighted by molar-refractivity contribution is 6.13. The lowest BCUT2D eigenvalue weighted by Crippen LogP contribution is -2.48. The summed E-state index contributed by atoms with van der Waals surface area (Å²) in [4.78, 5) is 38.9. The molecular weight excluding hydrogens is 296 g/mol. The number of nitrogen functional groups attached to an aromatic ring is 1. The van der Waals surface area contributed by atoms with Gasteiger partial charge in [0, 0.05) is 31.6 Å². The second kappa shape index (κ2) is 6.68. The van der Waals surface area contributed by atoms with Gasteiger partial charge in [0.05, 0.1) is 11.7 Å². The van der Waals surface area contributed by atoms with E-state index in [0.29, 0.717) is 17.9 Å². The predicted molar refractivity (Wildman–Crippen MR) is 87.8 cm³/mol. The maximum atomic E-state index is 12.4. The lowest BCUT2D eigenvalue weighted by atomic mass is 10.2. The highest BCUT2D eigenvalue weighted by atomic mass is 16.2. The monoisotopic (exact) mass is 318 g/mol. The van der Waals surface area contributed by atoms with Crippen molar-refractivity contribution >= 4 is 29.2 Å². The van der Waals surface area contributed by atoms with Crippen molar-refractivity contribution < 1.29 is 14.4 Å². The van der Waals surface area contributed by atoms with Gasteiger partial charge in [-0.05, 0) is 38.1 Å². The molecule has 1 aromatic rings. The molecule has 1 aliphatic heterocycles. The van der Waals surface area contributed by atoms with E-state index in [4.69, 9.17) is 5.73 Å². The molecule has 0 radical (unpaired) electrons. The van der Waals surface area contributed by atoms with Gasteiger partial charge in [0.1, 0.15) is 0 Å². The first-order valence-electron chi connectivity index (χ1n) is 7.55. The van der Waals surface area contributed by atoms with E-state index in [1.807, 2.05) is 13.8 Å².